The first-order valence-electron chi connectivity index (χ1n) is 8.43. The Labute approximate surface area is 144 Å². The molecule has 132 valence electrons. The predicted molar refractivity (Wildman–Crippen MR) is 100 cm³/mol. The van der Waals surface area contributed by atoms with Crippen LogP contribution in [0.15, 0.2) is 22.5 Å². The first-order valence-corrected chi connectivity index (χ1v) is 9.31. The van der Waals surface area contributed by atoms with Crippen molar-refractivity contribution in [1.82, 2.24) is 15.5 Å². The SMILES string of the molecule is CCNC(=NCC(C)(O)c1cccs1)NCCN(CC)C(C)C. The smallest absolute Gasteiger partial charge is 0.191 e. The molecule has 0 amide bonds. The first kappa shape index (κ1) is 19.9. The van der Waals surface area contributed by atoms with Gasteiger partial charge >= 0.3 is 0 Å². The lowest BCUT2D eigenvalue weighted by Crippen LogP contribution is -2.43. The minimum Gasteiger partial charge on any atom is -0.383 e. The third-order valence-electron chi connectivity index (χ3n) is 3.77. The van der Waals surface area contributed by atoms with Crippen LogP contribution in [0.1, 0.15) is 39.5 Å². The van der Waals surface area contributed by atoms with Crippen LogP contribution in [0.4, 0.5) is 0 Å². The summed E-state index contributed by atoms with van der Waals surface area (Å²) in [5, 5.41) is 19.1. The Hall–Kier alpha value is -1.11. The largest absolute Gasteiger partial charge is 0.383 e. The number of nitrogens with one attached hydrogen (secondary N) is 2. The summed E-state index contributed by atoms with van der Waals surface area (Å²) in [6.07, 6.45) is 0. The molecule has 1 rings (SSSR count). The molecule has 0 saturated carbocycles. The van der Waals surface area contributed by atoms with Crippen LogP contribution in [0, 0.1) is 0 Å². The number of guanidine groups is 1. The van der Waals surface area contributed by atoms with Gasteiger partial charge in [0, 0.05) is 30.6 Å². The number of aliphatic imine (C=N–C) groups is 1. The van der Waals surface area contributed by atoms with E-state index in [1.165, 1.54) is 0 Å². The molecule has 0 fully saturated rings. The number of thiophene rings is 1. The van der Waals surface area contributed by atoms with Gasteiger partial charge in [-0.1, -0.05) is 13.0 Å². The fourth-order valence-electron chi connectivity index (χ4n) is 2.34. The zero-order valence-corrected chi connectivity index (χ0v) is 15.9. The summed E-state index contributed by atoms with van der Waals surface area (Å²) in [6.45, 7) is 14.4. The van der Waals surface area contributed by atoms with Gasteiger partial charge in [-0.25, -0.2) is 4.99 Å². The number of rotatable bonds is 9. The first-order chi connectivity index (χ1) is 10.9. The highest BCUT2D eigenvalue weighted by Crippen LogP contribution is 2.25. The van der Waals surface area contributed by atoms with Crippen LogP contribution < -0.4 is 10.6 Å². The maximum absolute atomic E-state index is 10.6. The van der Waals surface area contributed by atoms with Crippen molar-refractivity contribution in [2.24, 2.45) is 4.99 Å². The fourth-order valence-corrected chi connectivity index (χ4v) is 3.12. The minimum absolute atomic E-state index is 0.338. The molecule has 0 aliphatic rings. The lowest BCUT2D eigenvalue weighted by atomic mass is 10.1. The van der Waals surface area contributed by atoms with Crippen LogP contribution >= 0.6 is 11.3 Å². The molecular formula is C17H32N4OS. The summed E-state index contributed by atoms with van der Waals surface area (Å²) >= 11 is 1.56. The summed E-state index contributed by atoms with van der Waals surface area (Å²) in [6, 6.07) is 4.44. The molecule has 0 aromatic carbocycles. The van der Waals surface area contributed by atoms with E-state index in [0.29, 0.717) is 12.6 Å². The maximum atomic E-state index is 10.6. The van der Waals surface area contributed by atoms with Crippen LogP contribution in [0.25, 0.3) is 0 Å². The standard InChI is InChI=1S/C17H32N4OS/c1-6-18-16(19-10-11-21(7-2)14(3)4)20-13-17(5,22)15-9-8-12-23-15/h8-9,12,14,22H,6-7,10-11,13H2,1-5H3,(H2,18,19,20). The summed E-state index contributed by atoms with van der Waals surface area (Å²) in [5.74, 6) is 0.754. The van der Waals surface area contributed by atoms with Crippen molar-refractivity contribution < 1.29 is 5.11 Å². The molecule has 0 aliphatic heterocycles. The molecular weight excluding hydrogens is 308 g/mol. The van der Waals surface area contributed by atoms with Crippen LogP contribution in [-0.4, -0.2) is 54.7 Å². The topological polar surface area (TPSA) is 59.9 Å². The zero-order chi connectivity index (χ0) is 17.3. The molecule has 0 radical (unpaired) electrons. The van der Waals surface area contributed by atoms with E-state index in [-0.39, 0.29) is 0 Å². The van der Waals surface area contributed by atoms with Crippen molar-refractivity contribution in [2.75, 3.05) is 32.7 Å². The molecule has 6 heteroatoms. The van der Waals surface area contributed by atoms with Gasteiger partial charge in [-0.2, -0.15) is 0 Å². The van der Waals surface area contributed by atoms with E-state index in [1.54, 1.807) is 11.3 Å². The van der Waals surface area contributed by atoms with Crippen molar-refractivity contribution in [3.8, 4) is 0 Å². The van der Waals surface area contributed by atoms with Gasteiger partial charge in [-0.15, -0.1) is 11.3 Å². The molecule has 0 saturated heterocycles. The lowest BCUT2D eigenvalue weighted by Gasteiger charge is -2.25. The summed E-state index contributed by atoms with van der Waals surface area (Å²) in [7, 11) is 0. The van der Waals surface area contributed by atoms with Crippen LogP contribution in [0.2, 0.25) is 0 Å². The maximum Gasteiger partial charge on any atom is 0.191 e. The molecule has 1 aromatic heterocycles. The van der Waals surface area contributed by atoms with Gasteiger partial charge < -0.3 is 15.7 Å². The molecule has 0 bridgehead atoms. The zero-order valence-electron chi connectivity index (χ0n) is 15.1. The van der Waals surface area contributed by atoms with E-state index >= 15 is 0 Å². The molecule has 3 N–H and O–H groups in total. The van der Waals surface area contributed by atoms with E-state index < -0.39 is 5.60 Å². The predicted octanol–water partition coefficient (Wildman–Crippen LogP) is 2.24. The van der Waals surface area contributed by atoms with Gasteiger partial charge in [-0.05, 0) is 45.7 Å². The highest BCUT2D eigenvalue weighted by molar-refractivity contribution is 7.10. The van der Waals surface area contributed by atoms with Gasteiger partial charge in [0.2, 0.25) is 0 Å². The molecule has 1 aromatic rings. The van der Waals surface area contributed by atoms with Crippen molar-refractivity contribution in [1.29, 1.82) is 0 Å². The normalized spacial score (nSPS) is 15.0. The summed E-state index contributed by atoms with van der Waals surface area (Å²) < 4.78 is 0. The van der Waals surface area contributed by atoms with E-state index in [4.69, 9.17) is 0 Å². The number of aliphatic hydroxyl groups is 1. The second kappa shape index (κ2) is 9.90. The average Bonchev–Trinajstić information content (AvgIpc) is 3.04. The Balaban J connectivity index is 2.56. The number of hydrogen-bond acceptors (Lipinski definition) is 4. The fraction of sp³-hybridized carbons (Fsp3) is 0.706. The second-order valence-corrected chi connectivity index (χ2v) is 7.04. The van der Waals surface area contributed by atoms with Gasteiger partial charge in [0.1, 0.15) is 5.60 Å². The highest BCUT2D eigenvalue weighted by Gasteiger charge is 2.23. The molecule has 1 heterocycles. The van der Waals surface area contributed by atoms with Gasteiger partial charge in [0.15, 0.2) is 5.96 Å². The average molecular weight is 341 g/mol. The van der Waals surface area contributed by atoms with Gasteiger partial charge in [-0.3, -0.25) is 4.90 Å². The molecule has 0 spiro atoms. The monoisotopic (exact) mass is 340 g/mol. The number of nitrogens with zero attached hydrogens (tertiary/aromatic N) is 2. The Bertz CT molecular complexity index is 457. The molecule has 1 atom stereocenters. The van der Waals surface area contributed by atoms with Crippen LogP contribution in [0.5, 0.6) is 0 Å². The van der Waals surface area contributed by atoms with Crippen LogP contribution in [-0.2, 0) is 5.60 Å². The lowest BCUT2D eigenvalue weighted by molar-refractivity contribution is 0.0711. The van der Waals surface area contributed by atoms with E-state index in [2.05, 4.69) is 41.3 Å². The molecule has 1 unspecified atom stereocenters. The molecule has 5 nitrogen and oxygen atoms in total. The molecule has 23 heavy (non-hydrogen) atoms. The summed E-state index contributed by atoms with van der Waals surface area (Å²) in [4.78, 5) is 7.88. The van der Waals surface area contributed by atoms with Crippen molar-refractivity contribution >= 4 is 17.3 Å². The van der Waals surface area contributed by atoms with Crippen molar-refractivity contribution in [3.63, 3.8) is 0 Å². The quantitative estimate of drug-likeness (QED) is 0.477. The Morgan fingerprint density at radius 1 is 1.39 bits per heavy atom. The van der Waals surface area contributed by atoms with Gasteiger partial charge in [0.25, 0.3) is 0 Å². The molecule has 0 aliphatic carbocycles. The van der Waals surface area contributed by atoms with E-state index in [0.717, 1.165) is 37.0 Å². The summed E-state index contributed by atoms with van der Waals surface area (Å²) in [5.41, 5.74) is -0.927. The van der Waals surface area contributed by atoms with Crippen molar-refractivity contribution in [3.05, 3.63) is 22.4 Å². The highest BCUT2D eigenvalue weighted by atomic mass is 32.1. The van der Waals surface area contributed by atoms with E-state index in [1.807, 2.05) is 31.4 Å². The third-order valence-corrected chi connectivity index (χ3v) is 4.89. The Morgan fingerprint density at radius 2 is 2.13 bits per heavy atom. The number of likely N-dealkylation sites (N-methyl/N-ethyl adjacent to an activating group) is 1. The van der Waals surface area contributed by atoms with Gasteiger partial charge in [0.05, 0.1) is 6.54 Å². The minimum atomic E-state index is -0.927. The third kappa shape index (κ3) is 6.89. The van der Waals surface area contributed by atoms with Crippen LogP contribution in [0.3, 0.4) is 0 Å². The number of hydrogen-bond donors (Lipinski definition) is 3. The second-order valence-electron chi connectivity index (χ2n) is 6.10. The van der Waals surface area contributed by atoms with E-state index in [9.17, 15) is 5.11 Å². The Kier molecular flexibility index (Phi) is 8.58. The Morgan fingerprint density at radius 3 is 2.65 bits per heavy atom. The van der Waals surface area contributed by atoms with Crippen molar-refractivity contribution in [2.45, 2.75) is 46.3 Å².